The minimum atomic E-state index is -0.0161. The molecule has 0 radical (unpaired) electrons. The first-order valence-electron chi connectivity index (χ1n) is 12.5. The largest absolute Gasteiger partial charge is 0.0843 e. The van der Waals surface area contributed by atoms with Crippen molar-refractivity contribution < 1.29 is 0 Å². The molecular formula is C33H33Cl. The van der Waals surface area contributed by atoms with Gasteiger partial charge in [-0.3, -0.25) is 0 Å². The van der Waals surface area contributed by atoms with Crippen molar-refractivity contribution in [2.75, 3.05) is 0 Å². The molecule has 0 spiro atoms. The van der Waals surface area contributed by atoms with Crippen LogP contribution in [0.3, 0.4) is 0 Å². The second kappa shape index (κ2) is 6.98. The molecule has 0 saturated heterocycles. The van der Waals surface area contributed by atoms with Crippen molar-refractivity contribution in [3.63, 3.8) is 0 Å². The molecule has 0 bridgehead atoms. The lowest BCUT2D eigenvalue weighted by Gasteiger charge is -2.42. The van der Waals surface area contributed by atoms with Crippen molar-refractivity contribution in [3.05, 3.63) is 94.0 Å². The van der Waals surface area contributed by atoms with Crippen LogP contribution in [-0.4, -0.2) is 0 Å². The Hall–Kier alpha value is -2.57. The van der Waals surface area contributed by atoms with Gasteiger partial charge in [0.25, 0.3) is 0 Å². The van der Waals surface area contributed by atoms with Gasteiger partial charge in [0.1, 0.15) is 0 Å². The second-order valence-corrected chi connectivity index (χ2v) is 12.7. The van der Waals surface area contributed by atoms with Crippen LogP contribution < -0.4 is 0 Å². The molecule has 0 amide bonds. The first kappa shape index (κ1) is 21.9. The van der Waals surface area contributed by atoms with Crippen molar-refractivity contribution in [1.29, 1.82) is 0 Å². The fourth-order valence-corrected chi connectivity index (χ4v) is 6.55. The molecule has 1 heteroatoms. The maximum atomic E-state index is 6.20. The lowest BCUT2D eigenvalue weighted by atomic mass is 9.62. The summed E-state index contributed by atoms with van der Waals surface area (Å²) >= 11 is 6.20. The van der Waals surface area contributed by atoms with Crippen LogP contribution in [0.5, 0.6) is 0 Å². The number of hydrogen-bond donors (Lipinski definition) is 0. The van der Waals surface area contributed by atoms with Crippen LogP contribution >= 0.6 is 11.6 Å². The zero-order valence-corrected chi connectivity index (χ0v) is 21.9. The Labute approximate surface area is 209 Å². The van der Waals surface area contributed by atoms with Gasteiger partial charge in [0.15, 0.2) is 0 Å². The third-order valence-corrected chi connectivity index (χ3v) is 9.02. The Morgan fingerprint density at radius 3 is 1.82 bits per heavy atom. The maximum absolute atomic E-state index is 6.20. The monoisotopic (exact) mass is 464 g/mol. The Kier molecular flexibility index (Phi) is 4.50. The Morgan fingerprint density at radius 1 is 0.529 bits per heavy atom. The molecular weight excluding hydrogens is 432 g/mol. The molecule has 0 N–H and O–H groups in total. The molecule has 2 aliphatic carbocycles. The number of rotatable bonds is 1. The van der Waals surface area contributed by atoms with E-state index in [-0.39, 0.29) is 16.2 Å². The predicted octanol–water partition coefficient (Wildman–Crippen LogP) is 9.82. The van der Waals surface area contributed by atoms with E-state index in [0.29, 0.717) is 0 Å². The number of hydrogen-bond acceptors (Lipinski definition) is 0. The predicted molar refractivity (Wildman–Crippen MR) is 147 cm³/mol. The van der Waals surface area contributed by atoms with Crippen LogP contribution in [0.15, 0.2) is 66.7 Å². The smallest absolute Gasteiger partial charge is 0.0412 e. The molecule has 0 unspecified atom stereocenters. The first-order chi connectivity index (χ1) is 16.0. The maximum Gasteiger partial charge on any atom is 0.0412 e. The third-order valence-electron chi connectivity index (χ3n) is 8.78. The Balaban J connectivity index is 1.52. The lowest BCUT2D eigenvalue weighted by molar-refractivity contribution is 0.331. The van der Waals surface area contributed by atoms with E-state index in [1.54, 1.807) is 11.1 Å². The average Bonchev–Trinajstić information content (AvgIpc) is 3.02. The molecule has 0 fully saturated rings. The summed E-state index contributed by atoms with van der Waals surface area (Å²) < 4.78 is 0. The van der Waals surface area contributed by atoms with Crippen molar-refractivity contribution in [2.45, 2.75) is 70.6 Å². The van der Waals surface area contributed by atoms with Gasteiger partial charge in [0.2, 0.25) is 0 Å². The van der Waals surface area contributed by atoms with E-state index in [2.05, 4.69) is 96.1 Å². The van der Waals surface area contributed by atoms with Gasteiger partial charge >= 0.3 is 0 Å². The summed E-state index contributed by atoms with van der Waals surface area (Å²) in [5.74, 6) is 0. The summed E-state index contributed by atoms with van der Waals surface area (Å²) in [7, 11) is 0. The molecule has 0 aliphatic heterocycles. The van der Waals surface area contributed by atoms with Crippen LogP contribution in [0.25, 0.3) is 33.0 Å². The van der Waals surface area contributed by atoms with Crippen molar-refractivity contribution >= 4 is 22.4 Å². The standard InChI is InChI=1S/C33H33Cl/c1-31(2)13-14-32(3,4)30-19-28-26(18-29(30)31)25-12-10-23(17-27(25)33(28,5)6)20-7-8-22-16-24(34)11-9-21(22)15-20/h7-12,15-19H,13-14H2,1-6H3. The van der Waals surface area contributed by atoms with E-state index < -0.39 is 0 Å². The van der Waals surface area contributed by atoms with E-state index in [9.17, 15) is 0 Å². The van der Waals surface area contributed by atoms with Crippen molar-refractivity contribution in [1.82, 2.24) is 0 Å². The van der Waals surface area contributed by atoms with Gasteiger partial charge < -0.3 is 0 Å². The van der Waals surface area contributed by atoms with Crippen LogP contribution in [0.2, 0.25) is 5.02 Å². The normalized spacial score (nSPS) is 18.9. The van der Waals surface area contributed by atoms with Crippen LogP contribution in [0.4, 0.5) is 0 Å². The molecule has 4 aromatic rings. The topological polar surface area (TPSA) is 0 Å². The SMILES string of the molecule is CC1(C)CCC(C)(C)c2cc3c(cc21)-c1ccc(-c2ccc4cc(Cl)ccc4c2)cc1C3(C)C. The van der Waals surface area contributed by atoms with E-state index in [1.165, 1.54) is 57.0 Å². The number of fused-ring (bicyclic) bond motifs is 5. The van der Waals surface area contributed by atoms with E-state index in [0.717, 1.165) is 5.02 Å². The van der Waals surface area contributed by atoms with Gasteiger partial charge in [-0.25, -0.2) is 0 Å². The summed E-state index contributed by atoms with van der Waals surface area (Å²) in [6, 6.07) is 25.0. The fourth-order valence-electron chi connectivity index (χ4n) is 6.37. The highest BCUT2D eigenvalue weighted by molar-refractivity contribution is 6.31. The molecule has 0 nitrogen and oxygen atoms in total. The molecule has 0 saturated carbocycles. The van der Waals surface area contributed by atoms with E-state index >= 15 is 0 Å². The minimum Gasteiger partial charge on any atom is -0.0843 e. The molecule has 34 heavy (non-hydrogen) atoms. The highest BCUT2D eigenvalue weighted by Crippen LogP contribution is 2.54. The molecule has 0 heterocycles. The van der Waals surface area contributed by atoms with Gasteiger partial charge in [-0.15, -0.1) is 0 Å². The first-order valence-corrected chi connectivity index (χ1v) is 12.9. The molecule has 0 atom stereocenters. The molecule has 6 rings (SSSR count). The quantitative estimate of drug-likeness (QED) is 0.263. The average molecular weight is 465 g/mol. The van der Waals surface area contributed by atoms with Crippen LogP contribution in [-0.2, 0) is 16.2 Å². The van der Waals surface area contributed by atoms with Gasteiger partial charge in [0, 0.05) is 10.4 Å². The van der Waals surface area contributed by atoms with Crippen LogP contribution in [0.1, 0.15) is 76.6 Å². The number of halogens is 1. The zero-order valence-electron chi connectivity index (χ0n) is 21.1. The second-order valence-electron chi connectivity index (χ2n) is 12.3. The van der Waals surface area contributed by atoms with Crippen molar-refractivity contribution in [2.24, 2.45) is 0 Å². The third kappa shape index (κ3) is 3.11. The van der Waals surface area contributed by atoms with Gasteiger partial charge in [-0.1, -0.05) is 89.5 Å². The highest BCUT2D eigenvalue weighted by Gasteiger charge is 2.42. The van der Waals surface area contributed by atoms with E-state index in [1.807, 2.05) is 12.1 Å². The summed E-state index contributed by atoms with van der Waals surface area (Å²) in [6.07, 6.45) is 2.49. The Morgan fingerprint density at radius 2 is 1.09 bits per heavy atom. The summed E-state index contributed by atoms with van der Waals surface area (Å²) in [4.78, 5) is 0. The Bertz CT molecular complexity index is 1480. The van der Waals surface area contributed by atoms with E-state index in [4.69, 9.17) is 11.6 Å². The molecule has 172 valence electrons. The van der Waals surface area contributed by atoms with Gasteiger partial charge in [-0.05, 0) is 109 Å². The molecule has 4 aromatic carbocycles. The van der Waals surface area contributed by atoms with Gasteiger partial charge in [0.05, 0.1) is 0 Å². The zero-order chi connectivity index (χ0) is 24.0. The minimum absolute atomic E-state index is 0.0161. The van der Waals surface area contributed by atoms with Crippen molar-refractivity contribution in [3.8, 4) is 22.3 Å². The molecule has 2 aliphatic rings. The number of benzene rings is 4. The highest BCUT2D eigenvalue weighted by atomic mass is 35.5. The fraction of sp³-hybridized carbons (Fsp3) is 0.333. The molecule has 0 aromatic heterocycles. The summed E-state index contributed by atoms with van der Waals surface area (Å²) in [6.45, 7) is 14.5. The summed E-state index contributed by atoms with van der Waals surface area (Å²) in [5.41, 5.74) is 11.8. The lowest BCUT2D eigenvalue weighted by Crippen LogP contribution is -2.34. The summed E-state index contributed by atoms with van der Waals surface area (Å²) in [5, 5.41) is 3.19. The van der Waals surface area contributed by atoms with Gasteiger partial charge in [-0.2, -0.15) is 0 Å². The van der Waals surface area contributed by atoms with Crippen LogP contribution in [0, 0.1) is 0 Å².